The number of benzene rings is 2. The van der Waals surface area contributed by atoms with E-state index >= 15 is 0 Å². The Kier molecular flexibility index (Phi) is 6.06. The maximum Gasteiger partial charge on any atom is 0.269 e. The van der Waals surface area contributed by atoms with Gasteiger partial charge in [0, 0.05) is 31.1 Å². The van der Waals surface area contributed by atoms with Crippen LogP contribution in [0.2, 0.25) is 15.1 Å². The van der Waals surface area contributed by atoms with Gasteiger partial charge in [0.05, 0.1) is 10.7 Å². The molecule has 0 aliphatic rings. The van der Waals surface area contributed by atoms with Gasteiger partial charge in [0.2, 0.25) is 0 Å². The van der Waals surface area contributed by atoms with Crippen LogP contribution in [0.4, 0.5) is 5.13 Å². The Morgan fingerprint density at radius 3 is 2.52 bits per heavy atom. The second kappa shape index (κ2) is 8.55. The van der Waals surface area contributed by atoms with Gasteiger partial charge in [-0.1, -0.05) is 53.0 Å². The highest BCUT2D eigenvalue weighted by molar-refractivity contribution is 7.80. The number of hydrogen-bond acceptors (Lipinski definition) is 5. The molecule has 0 saturated heterocycles. The molecule has 4 nitrogen and oxygen atoms in total. The van der Waals surface area contributed by atoms with E-state index in [2.05, 4.69) is 15.6 Å². The molecule has 0 aliphatic carbocycles. The van der Waals surface area contributed by atoms with Gasteiger partial charge in [-0.3, -0.25) is 10.1 Å². The molecule has 0 spiro atoms. The topological polar surface area (TPSA) is 54.0 Å². The van der Waals surface area contributed by atoms with Crippen molar-refractivity contribution in [1.29, 1.82) is 0 Å². The van der Waals surface area contributed by atoms with Crippen molar-refractivity contribution >= 4 is 95.9 Å². The third-order valence-corrected chi connectivity index (χ3v) is 6.99. The Bertz CT molecular complexity index is 1230. The van der Waals surface area contributed by atoms with E-state index in [-0.39, 0.29) is 11.0 Å². The number of halogens is 3. The van der Waals surface area contributed by atoms with E-state index in [4.69, 9.17) is 47.0 Å². The minimum Gasteiger partial charge on any atom is -0.308 e. The predicted molar refractivity (Wildman–Crippen MR) is 128 cm³/mol. The summed E-state index contributed by atoms with van der Waals surface area (Å²) in [6.07, 6.45) is 0. The summed E-state index contributed by atoms with van der Waals surface area (Å²) in [5.41, 5.74) is 1.72. The van der Waals surface area contributed by atoms with E-state index in [1.165, 1.54) is 22.7 Å². The third kappa shape index (κ3) is 4.55. The molecule has 2 aromatic heterocycles. The van der Waals surface area contributed by atoms with E-state index < -0.39 is 0 Å². The lowest BCUT2D eigenvalue weighted by molar-refractivity contribution is 0.0982. The maximum atomic E-state index is 12.6. The van der Waals surface area contributed by atoms with E-state index in [0.29, 0.717) is 25.1 Å². The number of hydrogen-bond donors (Lipinski definition) is 2. The number of fused-ring (bicyclic) bond motifs is 1. The number of rotatable bonds is 3. The zero-order chi connectivity index (χ0) is 20.5. The minimum atomic E-state index is -0.390. The number of anilines is 1. The first-order valence-electron chi connectivity index (χ1n) is 8.12. The maximum absolute atomic E-state index is 12.6. The summed E-state index contributed by atoms with van der Waals surface area (Å²) in [6, 6.07) is 12.7. The Labute approximate surface area is 194 Å². The summed E-state index contributed by atoms with van der Waals surface area (Å²) in [4.78, 5) is 17.5. The smallest absolute Gasteiger partial charge is 0.269 e. The molecule has 0 aliphatic heterocycles. The Hall–Kier alpha value is -1.74. The fraction of sp³-hybridized carbons (Fsp3) is 0. The molecular weight excluding hydrogens is 489 g/mol. The summed E-state index contributed by atoms with van der Waals surface area (Å²) >= 11 is 26.2. The van der Waals surface area contributed by atoms with E-state index in [1.807, 2.05) is 17.5 Å². The van der Waals surface area contributed by atoms with Gasteiger partial charge in [0.1, 0.15) is 4.88 Å². The normalized spacial score (nSPS) is 10.9. The lowest BCUT2D eigenvalue weighted by Crippen LogP contribution is -2.33. The predicted octanol–water partition coefficient (Wildman–Crippen LogP) is 7.11. The molecule has 0 saturated carbocycles. The summed E-state index contributed by atoms with van der Waals surface area (Å²) in [6.45, 7) is 0. The highest BCUT2D eigenvalue weighted by Crippen LogP contribution is 2.36. The van der Waals surface area contributed by atoms with Crippen LogP contribution < -0.4 is 10.6 Å². The standard InChI is InChI=1S/C19H10Cl3N3OS3/c20-10-3-1-9(2-4-10)13-8-28-19(23-13)25-18(27)24-17(26)16-15(22)12-6-5-11(21)7-14(12)29-16/h1-8H,(H2,23,24,25,26,27). The monoisotopic (exact) mass is 497 g/mol. The third-order valence-electron chi connectivity index (χ3n) is 3.89. The zero-order valence-electron chi connectivity index (χ0n) is 14.3. The van der Waals surface area contributed by atoms with Crippen LogP contribution in [0.25, 0.3) is 21.3 Å². The minimum absolute atomic E-state index is 0.138. The van der Waals surface area contributed by atoms with Crippen molar-refractivity contribution in [2.75, 3.05) is 5.32 Å². The lowest BCUT2D eigenvalue weighted by Gasteiger charge is -2.06. The van der Waals surface area contributed by atoms with Crippen molar-refractivity contribution in [3.63, 3.8) is 0 Å². The number of aromatic nitrogens is 1. The SMILES string of the molecule is O=C(NC(=S)Nc1nc(-c2ccc(Cl)cc2)cs1)c1sc2cc(Cl)ccc2c1Cl. The van der Waals surface area contributed by atoms with Crippen LogP contribution in [-0.2, 0) is 0 Å². The van der Waals surface area contributed by atoms with Crippen LogP contribution in [0.5, 0.6) is 0 Å². The fourth-order valence-electron chi connectivity index (χ4n) is 2.56. The first kappa shape index (κ1) is 20.5. The highest BCUT2D eigenvalue weighted by atomic mass is 35.5. The van der Waals surface area contributed by atoms with Crippen molar-refractivity contribution in [3.05, 3.63) is 67.8 Å². The van der Waals surface area contributed by atoms with Gasteiger partial charge < -0.3 is 5.32 Å². The highest BCUT2D eigenvalue weighted by Gasteiger charge is 2.18. The molecule has 0 fully saturated rings. The number of thiazole rings is 1. The number of nitrogens with one attached hydrogen (secondary N) is 2. The number of amides is 1. The second-order valence-corrected chi connectivity index (χ2v) is 9.41. The van der Waals surface area contributed by atoms with E-state index in [9.17, 15) is 4.79 Å². The van der Waals surface area contributed by atoms with Gasteiger partial charge in [-0.2, -0.15) is 0 Å². The van der Waals surface area contributed by atoms with Gasteiger partial charge in [-0.05, 0) is 36.5 Å². The molecule has 2 heterocycles. The molecule has 2 N–H and O–H groups in total. The molecule has 4 aromatic rings. The molecular formula is C19H10Cl3N3OS3. The largest absolute Gasteiger partial charge is 0.308 e. The number of carbonyl (C=O) groups excluding carboxylic acids is 1. The van der Waals surface area contributed by atoms with Crippen LogP contribution in [-0.4, -0.2) is 16.0 Å². The van der Waals surface area contributed by atoms with Crippen molar-refractivity contribution in [2.24, 2.45) is 0 Å². The van der Waals surface area contributed by atoms with Gasteiger partial charge >= 0.3 is 0 Å². The van der Waals surface area contributed by atoms with Gasteiger partial charge in [0.25, 0.3) is 5.91 Å². The molecule has 1 amide bonds. The lowest BCUT2D eigenvalue weighted by atomic mass is 10.2. The molecule has 0 bridgehead atoms. The Balaban J connectivity index is 1.45. The average Bonchev–Trinajstić information content (AvgIpc) is 3.26. The van der Waals surface area contributed by atoms with Crippen LogP contribution >= 0.6 is 69.7 Å². The first-order chi connectivity index (χ1) is 13.9. The number of thiocarbonyl (C=S) groups is 1. The zero-order valence-corrected chi connectivity index (χ0v) is 19.1. The number of nitrogens with zero attached hydrogens (tertiary/aromatic N) is 1. The summed E-state index contributed by atoms with van der Waals surface area (Å²) < 4.78 is 0.832. The first-order valence-corrected chi connectivity index (χ1v) is 11.4. The average molecular weight is 499 g/mol. The van der Waals surface area contributed by atoms with Gasteiger partial charge in [-0.15, -0.1) is 22.7 Å². The molecule has 0 radical (unpaired) electrons. The van der Waals surface area contributed by atoms with Crippen molar-refractivity contribution in [3.8, 4) is 11.3 Å². The summed E-state index contributed by atoms with van der Waals surface area (Å²) in [5.74, 6) is -0.390. The van der Waals surface area contributed by atoms with E-state index in [0.717, 1.165) is 21.3 Å². The summed E-state index contributed by atoms with van der Waals surface area (Å²) in [7, 11) is 0. The van der Waals surface area contributed by atoms with E-state index in [1.54, 1.807) is 30.3 Å². The number of carbonyl (C=O) groups is 1. The Morgan fingerprint density at radius 1 is 1.03 bits per heavy atom. The molecule has 0 unspecified atom stereocenters. The number of thiophene rings is 1. The van der Waals surface area contributed by atoms with Crippen LogP contribution in [0.1, 0.15) is 9.67 Å². The molecule has 0 atom stereocenters. The molecule has 2 aromatic carbocycles. The van der Waals surface area contributed by atoms with Gasteiger partial charge in [0.15, 0.2) is 10.2 Å². The second-order valence-electron chi connectivity index (χ2n) is 5.84. The fourth-order valence-corrected chi connectivity index (χ4v) is 5.35. The van der Waals surface area contributed by atoms with Crippen LogP contribution in [0.3, 0.4) is 0 Å². The van der Waals surface area contributed by atoms with Gasteiger partial charge in [-0.25, -0.2) is 4.98 Å². The molecule has 29 heavy (non-hydrogen) atoms. The quantitative estimate of drug-likeness (QED) is 0.295. The molecule has 10 heteroatoms. The van der Waals surface area contributed by atoms with Crippen LogP contribution in [0, 0.1) is 0 Å². The summed E-state index contributed by atoms with van der Waals surface area (Å²) in [5, 5.41) is 10.6. The Morgan fingerprint density at radius 2 is 1.76 bits per heavy atom. The molecule has 146 valence electrons. The molecule has 4 rings (SSSR count). The van der Waals surface area contributed by atoms with Crippen molar-refractivity contribution in [2.45, 2.75) is 0 Å². The van der Waals surface area contributed by atoms with Crippen molar-refractivity contribution < 1.29 is 4.79 Å². The van der Waals surface area contributed by atoms with Crippen LogP contribution in [0.15, 0.2) is 47.8 Å². The van der Waals surface area contributed by atoms with Crippen molar-refractivity contribution in [1.82, 2.24) is 10.3 Å².